The fraction of sp³-hybridized carbons (Fsp3) is 0.733. The number of likely N-dealkylation sites (tertiary alicyclic amines) is 1. The molecule has 27 heavy (non-hydrogen) atoms. The van der Waals surface area contributed by atoms with E-state index in [9.17, 15) is 29.4 Å². The van der Waals surface area contributed by atoms with Crippen LogP contribution in [0.25, 0.3) is 0 Å². The van der Waals surface area contributed by atoms with Gasteiger partial charge in [-0.15, -0.1) is 0 Å². The van der Waals surface area contributed by atoms with Crippen LogP contribution in [0.4, 0.5) is 0 Å². The Morgan fingerprint density at radius 2 is 1.74 bits per heavy atom. The average Bonchev–Trinajstić information content (AvgIpc) is 3.11. The average molecular weight is 390 g/mol. The van der Waals surface area contributed by atoms with E-state index in [-0.39, 0.29) is 6.54 Å². The Morgan fingerprint density at radius 3 is 2.22 bits per heavy atom. The Hall–Kier alpha value is -2.28. The summed E-state index contributed by atoms with van der Waals surface area (Å²) < 4.78 is 0. The number of aliphatic carboxylic acids is 1. The Labute approximate surface area is 155 Å². The summed E-state index contributed by atoms with van der Waals surface area (Å²) in [6.07, 6.45) is -0.292. The van der Waals surface area contributed by atoms with Gasteiger partial charge in [-0.1, -0.05) is 0 Å². The van der Waals surface area contributed by atoms with Crippen molar-refractivity contribution in [3.8, 4) is 0 Å². The standard InChI is InChI=1S/C15H26N4O8/c1-7(22)11(16)14(25)19-4-2-3-10(19)13(24)17-8(5-20)12(23)18-9(6-21)15(26)27/h7-11,20-22H,2-6,16H2,1H3,(H,17,24)(H,18,23)(H,26,27). The molecule has 0 bridgehead atoms. The third kappa shape index (κ3) is 5.85. The third-order valence-corrected chi connectivity index (χ3v) is 4.26. The molecule has 0 radical (unpaired) electrons. The van der Waals surface area contributed by atoms with Crippen molar-refractivity contribution in [3.05, 3.63) is 0 Å². The summed E-state index contributed by atoms with van der Waals surface area (Å²) in [5.41, 5.74) is 5.62. The van der Waals surface area contributed by atoms with E-state index in [0.29, 0.717) is 12.8 Å². The summed E-state index contributed by atoms with van der Waals surface area (Å²) in [5.74, 6) is -3.81. The molecule has 1 heterocycles. The maximum atomic E-state index is 12.5. The van der Waals surface area contributed by atoms with Gasteiger partial charge >= 0.3 is 5.97 Å². The van der Waals surface area contributed by atoms with E-state index in [0.717, 1.165) is 0 Å². The number of rotatable bonds is 9. The number of hydrogen-bond acceptors (Lipinski definition) is 8. The highest BCUT2D eigenvalue weighted by Gasteiger charge is 2.38. The van der Waals surface area contributed by atoms with Gasteiger partial charge in [0.05, 0.1) is 19.3 Å². The fourth-order valence-corrected chi connectivity index (χ4v) is 2.62. The molecule has 0 aliphatic carbocycles. The van der Waals surface area contributed by atoms with Crippen molar-refractivity contribution in [2.75, 3.05) is 19.8 Å². The Morgan fingerprint density at radius 1 is 1.15 bits per heavy atom. The second-order valence-corrected chi connectivity index (χ2v) is 6.28. The molecular formula is C15H26N4O8. The maximum Gasteiger partial charge on any atom is 0.328 e. The summed E-state index contributed by atoms with van der Waals surface area (Å²) in [6.45, 7) is -0.0860. The van der Waals surface area contributed by atoms with Gasteiger partial charge in [-0.25, -0.2) is 4.79 Å². The number of aliphatic hydroxyl groups is 3. The first-order valence-corrected chi connectivity index (χ1v) is 8.43. The number of amides is 3. The molecule has 0 aromatic rings. The topological polar surface area (TPSA) is 203 Å². The summed E-state index contributed by atoms with van der Waals surface area (Å²) in [5, 5.41) is 40.8. The Kier molecular flexibility index (Phi) is 8.56. The lowest BCUT2D eigenvalue weighted by atomic mass is 10.1. The number of carboxylic acid groups (broad SMARTS) is 1. The van der Waals surface area contributed by atoms with Crippen LogP contribution < -0.4 is 16.4 Å². The molecule has 12 nitrogen and oxygen atoms in total. The van der Waals surface area contributed by atoms with Crippen LogP contribution in [0.15, 0.2) is 0 Å². The van der Waals surface area contributed by atoms with Gasteiger partial charge in [0, 0.05) is 6.54 Å². The van der Waals surface area contributed by atoms with Gasteiger partial charge in [-0.3, -0.25) is 14.4 Å². The lowest BCUT2D eigenvalue weighted by molar-refractivity contribution is -0.144. The Bertz CT molecular complexity index is 570. The maximum absolute atomic E-state index is 12.5. The zero-order chi connectivity index (χ0) is 20.7. The largest absolute Gasteiger partial charge is 0.480 e. The molecule has 5 unspecified atom stereocenters. The molecule has 8 N–H and O–H groups in total. The quantitative estimate of drug-likeness (QED) is 0.203. The van der Waals surface area contributed by atoms with Gasteiger partial charge in [0.2, 0.25) is 17.7 Å². The normalized spacial score (nSPS) is 21.1. The molecule has 0 spiro atoms. The molecule has 3 amide bonds. The van der Waals surface area contributed by atoms with Crippen LogP contribution in [0.5, 0.6) is 0 Å². The van der Waals surface area contributed by atoms with Crippen LogP contribution >= 0.6 is 0 Å². The van der Waals surface area contributed by atoms with E-state index in [1.54, 1.807) is 0 Å². The van der Waals surface area contributed by atoms with Crippen LogP contribution in [-0.2, 0) is 19.2 Å². The third-order valence-electron chi connectivity index (χ3n) is 4.26. The molecule has 154 valence electrons. The van der Waals surface area contributed by atoms with E-state index in [4.69, 9.17) is 15.9 Å². The molecule has 1 rings (SSSR count). The number of nitrogens with one attached hydrogen (secondary N) is 2. The molecule has 0 aromatic heterocycles. The first kappa shape index (κ1) is 22.8. The molecule has 5 atom stereocenters. The van der Waals surface area contributed by atoms with Crippen LogP contribution in [0.1, 0.15) is 19.8 Å². The van der Waals surface area contributed by atoms with Gasteiger partial charge in [0.25, 0.3) is 0 Å². The summed E-state index contributed by atoms with van der Waals surface area (Å²) in [7, 11) is 0. The number of hydrogen-bond donors (Lipinski definition) is 7. The second kappa shape index (κ2) is 10.2. The van der Waals surface area contributed by atoms with E-state index >= 15 is 0 Å². The fourth-order valence-electron chi connectivity index (χ4n) is 2.62. The molecule has 1 aliphatic rings. The summed E-state index contributed by atoms with van der Waals surface area (Å²) >= 11 is 0. The molecule has 1 aliphatic heterocycles. The molecule has 1 fully saturated rings. The highest BCUT2D eigenvalue weighted by molar-refractivity contribution is 5.94. The number of carbonyl (C=O) groups excluding carboxylic acids is 3. The minimum Gasteiger partial charge on any atom is -0.480 e. The van der Waals surface area contributed by atoms with Crippen molar-refractivity contribution in [1.82, 2.24) is 15.5 Å². The summed E-state index contributed by atoms with van der Waals surface area (Å²) in [6, 6.07) is -5.18. The number of nitrogens with two attached hydrogens (primary N) is 1. The zero-order valence-electron chi connectivity index (χ0n) is 14.9. The monoisotopic (exact) mass is 390 g/mol. The summed E-state index contributed by atoms with van der Waals surface area (Å²) in [4.78, 5) is 48.8. The van der Waals surface area contributed by atoms with Crippen molar-refractivity contribution < 1.29 is 39.6 Å². The lowest BCUT2D eigenvalue weighted by Gasteiger charge is -2.28. The number of aliphatic hydroxyl groups excluding tert-OH is 3. The number of nitrogens with zero attached hydrogens (tertiary/aromatic N) is 1. The SMILES string of the molecule is CC(O)C(N)C(=O)N1CCCC1C(=O)NC(CO)C(=O)NC(CO)C(=O)O. The molecule has 0 aromatic carbocycles. The van der Waals surface area contributed by atoms with Gasteiger partial charge < -0.3 is 41.7 Å². The second-order valence-electron chi connectivity index (χ2n) is 6.28. The highest BCUT2D eigenvalue weighted by atomic mass is 16.4. The van der Waals surface area contributed by atoms with Gasteiger partial charge in [-0.05, 0) is 19.8 Å². The highest BCUT2D eigenvalue weighted by Crippen LogP contribution is 2.19. The minimum atomic E-state index is -1.59. The number of carbonyl (C=O) groups is 4. The van der Waals surface area contributed by atoms with E-state index in [1.165, 1.54) is 11.8 Å². The predicted molar refractivity (Wildman–Crippen MR) is 90.1 cm³/mol. The number of carboxylic acids is 1. The van der Waals surface area contributed by atoms with Crippen molar-refractivity contribution in [2.45, 2.75) is 50.0 Å². The van der Waals surface area contributed by atoms with Crippen LogP contribution in [0, 0.1) is 0 Å². The smallest absolute Gasteiger partial charge is 0.328 e. The van der Waals surface area contributed by atoms with E-state index < -0.39 is 67.2 Å². The van der Waals surface area contributed by atoms with Gasteiger partial charge in [0.1, 0.15) is 24.2 Å². The first-order valence-electron chi connectivity index (χ1n) is 8.43. The van der Waals surface area contributed by atoms with Crippen molar-refractivity contribution >= 4 is 23.7 Å². The van der Waals surface area contributed by atoms with Crippen LogP contribution in [-0.4, -0.2) is 99.0 Å². The Balaban J connectivity index is 2.77. The molecule has 0 saturated carbocycles. The van der Waals surface area contributed by atoms with Gasteiger partial charge in [0.15, 0.2) is 0 Å². The van der Waals surface area contributed by atoms with Crippen molar-refractivity contribution in [1.29, 1.82) is 0 Å². The predicted octanol–water partition coefficient (Wildman–Crippen LogP) is -4.28. The minimum absolute atomic E-state index is 0.249. The van der Waals surface area contributed by atoms with E-state index in [1.807, 2.05) is 5.32 Å². The lowest BCUT2D eigenvalue weighted by Crippen LogP contribution is -2.58. The molecular weight excluding hydrogens is 364 g/mol. The van der Waals surface area contributed by atoms with Crippen molar-refractivity contribution in [3.63, 3.8) is 0 Å². The van der Waals surface area contributed by atoms with Gasteiger partial charge in [-0.2, -0.15) is 0 Å². The van der Waals surface area contributed by atoms with Crippen molar-refractivity contribution in [2.24, 2.45) is 5.73 Å². The van der Waals surface area contributed by atoms with E-state index in [2.05, 4.69) is 5.32 Å². The first-order chi connectivity index (χ1) is 12.6. The zero-order valence-corrected chi connectivity index (χ0v) is 14.9. The molecule has 1 saturated heterocycles. The van der Waals surface area contributed by atoms with Crippen LogP contribution in [0.3, 0.4) is 0 Å². The van der Waals surface area contributed by atoms with Crippen LogP contribution in [0.2, 0.25) is 0 Å². The molecule has 12 heteroatoms.